The van der Waals surface area contributed by atoms with Gasteiger partial charge in [0.25, 0.3) is 0 Å². The monoisotopic (exact) mass is 591 g/mol. The fraction of sp³-hybridized carbons (Fsp3) is 0.391. The highest BCUT2D eigenvalue weighted by Crippen LogP contribution is 2.30. The number of nitrogens with one attached hydrogen (secondary N) is 1. The number of benzene rings is 2. The number of carbonyl (C=O) groups excluding carboxylic acids is 2. The smallest absolute Gasteiger partial charge is 0.244 e. The predicted octanol–water partition coefficient (Wildman–Crippen LogP) is 4.86. The average molecular weight is 593 g/mol. The second-order valence-corrected chi connectivity index (χ2v) is 11.5. The van der Waals surface area contributed by atoms with Crippen LogP contribution in [0.2, 0.25) is 10.0 Å². The quantitative estimate of drug-likeness (QED) is 0.378. The van der Waals surface area contributed by atoms with Crippen molar-refractivity contribution in [2.24, 2.45) is 0 Å². The van der Waals surface area contributed by atoms with E-state index in [1.165, 1.54) is 23.1 Å². The lowest BCUT2D eigenvalue weighted by atomic mass is 10.1. The van der Waals surface area contributed by atoms with Crippen molar-refractivity contribution in [2.45, 2.75) is 39.3 Å². The SMILES string of the molecule is CCCCNC(=O)C(C)N(Cc1cccc(Br)c1)C(=O)CN(c1ccc(Cl)cc1Cl)S(C)(=O)=O. The van der Waals surface area contributed by atoms with Gasteiger partial charge in [-0.15, -0.1) is 0 Å². The summed E-state index contributed by atoms with van der Waals surface area (Å²) in [6.07, 6.45) is 2.72. The number of sulfonamides is 1. The number of carbonyl (C=O) groups is 2. The Labute approximate surface area is 219 Å². The van der Waals surface area contributed by atoms with Gasteiger partial charge in [-0.3, -0.25) is 13.9 Å². The van der Waals surface area contributed by atoms with E-state index in [9.17, 15) is 18.0 Å². The number of hydrogen-bond acceptors (Lipinski definition) is 4. The highest BCUT2D eigenvalue weighted by Gasteiger charge is 2.30. The third kappa shape index (κ3) is 8.15. The number of amides is 2. The second-order valence-electron chi connectivity index (χ2n) is 7.84. The fourth-order valence-corrected chi connectivity index (χ4v) is 5.10. The minimum atomic E-state index is -3.87. The van der Waals surface area contributed by atoms with Gasteiger partial charge in [-0.2, -0.15) is 0 Å². The number of unbranched alkanes of at least 4 members (excludes halogenated alkanes) is 1. The van der Waals surface area contributed by atoms with Gasteiger partial charge >= 0.3 is 0 Å². The highest BCUT2D eigenvalue weighted by atomic mass is 79.9. The summed E-state index contributed by atoms with van der Waals surface area (Å²) in [5.41, 5.74) is 0.913. The van der Waals surface area contributed by atoms with Crippen molar-refractivity contribution in [3.8, 4) is 0 Å². The Balaban J connectivity index is 2.38. The van der Waals surface area contributed by atoms with Crippen molar-refractivity contribution in [2.75, 3.05) is 23.7 Å². The highest BCUT2D eigenvalue weighted by molar-refractivity contribution is 9.10. The Kier molecular flexibility index (Phi) is 10.7. The van der Waals surface area contributed by atoms with E-state index in [1.807, 2.05) is 31.2 Å². The molecule has 0 aromatic heterocycles. The number of anilines is 1. The molecule has 7 nitrogen and oxygen atoms in total. The van der Waals surface area contributed by atoms with Crippen LogP contribution in [-0.4, -0.2) is 50.5 Å². The molecule has 0 heterocycles. The molecule has 2 amide bonds. The molecule has 1 atom stereocenters. The molecule has 0 radical (unpaired) electrons. The zero-order chi connectivity index (χ0) is 25.5. The molecule has 0 aliphatic carbocycles. The third-order valence-electron chi connectivity index (χ3n) is 5.10. The van der Waals surface area contributed by atoms with Crippen LogP contribution in [0, 0.1) is 0 Å². The molecule has 2 aromatic carbocycles. The summed E-state index contributed by atoms with van der Waals surface area (Å²) in [4.78, 5) is 27.6. The molecular formula is C23H28BrCl2N3O4S. The lowest BCUT2D eigenvalue weighted by Crippen LogP contribution is -2.51. The lowest BCUT2D eigenvalue weighted by molar-refractivity contribution is -0.139. The van der Waals surface area contributed by atoms with Crippen molar-refractivity contribution in [3.05, 3.63) is 62.5 Å². The molecule has 11 heteroatoms. The van der Waals surface area contributed by atoms with Gasteiger partial charge in [-0.1, -0.05) is 64.6 Å². The third-order valence-corrected chi connectivity index (χ3v) is 7.25. The van der Waals surface area contributed by atoms with E-state index in [4.69, 9.17) is 23.2 Å². The Hall–Kier alpha value is -1.81. The van der Waals surface area contributed by atoms with Crippen molar-refractivity contribution < 1.29 is 18.0 Å². The average Bonchev–Trinajstić information content (AvgIpc) is 2.75. The van der Waals surface area contributed by atoms with Crippen molar-refractivity contribution >= 4 is 66.7 Å². The summed E-state index contributed by atoms with van der Waals surface area (Å²) >= 11 is 15.6. The normalized spacial score (nSPS) is 12.2. The van der Waals surface area contributed by atoms with E-state index in [-0.39, 0.29) is 23.2 Å². The number of nitrogens with zero attached hydrogens (tertiary/aromatic N) is 2. The second kappa shape index (κ2) is 12.8. The van der Waals surface area contributed by atoms with Gasteiger partial charge in [0.05, 0.1) is 17.0 Å². The Morgan fingerprint density at radius 2 is 1.85 bits per heavy atom. The van der Waals surface area contributed by atoms with E-state index in [2.05, 4.69) is 21.2 Å². The van der Waals surface area contributed by atoms with Crippen LogP contribution in [0.1, 0.15) is 32.3 Å². The summed E-state index contributed by atoms with van der Waals surface area (Å²) in [5.74, 6) is -0.859. The molecule has 0 fully saturated rings. The maximum absolute atomic E-state index is 13.5. The molecule has 0 spiro atoms. The van der Waals surface area contributed by atoms with E-state index in [0.717, 1.165) is 33.4 Å². The first-order valence-electron chi connectivity index (χ1n) is 10.7. The molecule has 2 aromatic rings. The van der Waals surface area contributed by atoms with Gasteiger partial charge < -0.3 is 10.2 Å². The van der Waals surface area contributed by atoms with Crippen LogP contribution in [0.3, 0.4) is 0 Å². The van der Waals surface area contributed by atoms with Crippen LogP contribution in [0.15, 0.2) is 46.9 Å². The molecule has 0 saturated heterocycles. The van der Waals surface area contributed by atoms with Crippen LogP contribution in [0.5, 0.6) is 0 Å². The lowest BCUT2D eigenvalue weighted by Gasteiger charge is -2.31. The van der Waals surface area contributed by atoms with Crippen molar-refractivity contribution in [1.29, 1.82) is 0 Å². The fourth-order valence-electron chi connectivity index (χ4n) is 3.23. The molecule has 2 rings (SSSR count). The predicted molar refractivity (Wildman–Crippen MR) is 141 cm³/mol. The Bertz CT molecular complexity index is 1130. The van der Waals surface area contributed by atoms with Gasteiger partial charge in [0, 0.05) is 22.6 Å². The van der Waals surface area contributed by atoms with E-state index in [0.29, 0.717) is 11.6 Å². The Morgan fingerprint density at radius 1 is 1.15 bits per heavy atom. The summed E-state index contributed by atoms with van der Waals surface area (Å²) < 4.78 is 26.9. The minimum absolute atomic E-state index is 0.0922. The largest absolute Gasteiger partial charge is 0.354 e. The van der Waals surface area contributed by atoms with Crippen molar-refractivity contribution in [3.63, 3.8) is 0 Å². The Morgan fingerprint density at radius 3 is 2.44 bits per heavy atom. The topological polar surface area (TPSA) is 86.8 Å². The molecule has 0 saturated carbocycles. The van der Waals surface area contributed by atoms with Gasteiger partial charge in [-0.05, 0) is 49.2 Å². The van der Waals surface area contributed by atoms with E-state index in [1.54, 1.807) is 6.92 Å². The zero-order valence-corrected chi connectivity index (χ0v) is 23.1. The summed E-state index contributed by atoms with van der Waals surface area (Å²) in [7, 11) is -3.87. The van der Waals surface area contributed by atoms with Gasteiger partial charge in [-0.25, -0.2) is 8.42 Å². The van der Waals surface area contributed by atoms with Crippen LogP contribution < -0.4 is 9.62 Å². The van der Waals surface area contributed by atoms with Crippen LogP contribution in [-0.2, 0) is 26.2 Å². The molecule has 1 unspecified atom stereocenters. The van der Waals surface area contributed by atoms with Crippen LogP contribution >= 0.6 is 39.1 Å². The summed E-state index contributed by atoms with van der Waals surface area (Å²) in [5, 5.41) is 3.26. The molecule has 34 heavy (non-hydrogen) atoms. The summed E-state index contributed by atoms with van der Waals surface area (Å²) in [6.45, 7) is 3.72. The first kappa shape index (κ1) is 28.4. The standard InChI is InChI=1S/C23H28BrCl2N3O4S/c1-4-5-11-27-23(31)16(2)28(14-17-7-6-8-18(24)12-17)22(30)15-29(34(3,32)33)21-10-9-19(25)13-20(21)26/h6-10,12-13,16H,4-5,11,14-15H2,1-3H3,(H,27,31). The minimum Gasteiger partial charge on any atom is -0.354 e. The molecule has 1 N–H and O–H groups in total. The maximum atomic E-state index is 13.5. The van der Waals surface area contributed by atoms with Gasteiger partial charge in [0.2, 0.25) is 21.8 Å². The number of halogens is 3. The molecule has 0 aliphatic rings. The maximum Gasteiger partial charge on any atom is 0.244 e. The first-order valence-corrected chi connectivity index (χ1v) is 14.1. The van der Waals surface area contributed by atoms with Gasteiger partial charge in [0.1, 0.15) is 12.6 Å². The molecular weight excluding hydrogens is 565 g/mol. The molecule has 0 aliphatic heterocycles. The first-order chi connectivity index (χ1) is 15.9. The van der Waals surface area contributed by atoms with Crippen LogP contribution in [0.4, 0.5) is 5.69 Å². The number of rotatable bonds is 11. The number of hydrogen-bond donors (Lipinski definition) is 1. The van der Waals surface area contributed by atoms with E-state index >= 15 is 0 Å². The van der Waals surface area contributed by atoms with Gasteiger partial charge in [0.15, 0.2) is 0 Å². The molecule has 0 bridgehead atoms. The summed E-state index contributed by atoms with van der Waals surface area (Å²) in [6, 6.07) is 10.9. The van der Waals surface area contributed by atoms with E-state index < -0.39 is 28.5 Å². The van der Waals surface area contributed by atoms with Crippen LogP contribution in [0.25, 0.3) is 0 Å². The van der Waals surface area contributed by atoms with Crippen molar-refractivity contribution in [1.82, 2.24) is 10.2 Å². The zero-order valence-electron chi connectivity index (χ0n) is 19.2. The molecule has 186 valence electrons.